The Balaban J connectivity index is 2.52. The van der Waals surface area contributed by atoms with Gasteiger partial charge in [0.2, 0.25) is 0 Å². The Labute approximate surface area is 134 Å². The highest BCUT2D eigenvalue weighted by molar-refractivity contribution is 5.85. The summed E-state index contributed by atoms with van der Waals surface area (Å²) in [6.07, 6.45) is 0.137. The summed E-state index contributed by atoms with van der Waals surface area (Å²) in [5, 5.41) is 11.1. The molecule has 1 atom stereocenters. The van der Waals surface area contributed by atoms with Crippen molar-refractivity contribution < 1.29 is 29.0 Å². The van der Waals surface area contributed by atoms with Gasteiger partial charge >= 0.3 is 18.0 Å². The zero-order valence-corrected chi connectivity index (χ0v) is 13.0. The van der Waals surface area contributed by atoms with Gasteiger partial charge < -0.3 is 19.9 Å². The molecule has 1 aromatic rings. The lowest BCUT2D eigenvalue weighted by Crippen LogP contribution is -2.43. The molecule has 0 aromatic heterocycles. The van der Waals surface area contributed by atoms with Crippen LogP contribution in [-0.4, -0.2) is 35.8 Å². The van der Waals surface area contributed by atoms with Crippen molar-refractivity contribution in [3.8, 4) is 0 Å². The summed E-state index contributed by atoms with van der Waals surface area (Å²) < 4.78 is 9.90. The molecule has 7 heteroatoms. The number of carboxylic acids is 1. The molecule has 0 heterocycles. The van der Waals surface area contributed by atoms with Gasteiger partial charge in [0.05, 0.1) is 13.0 Å². The number of rotatable bonds is 9. The van der Waals surface area contributed by atoms with E-state index in [0.29, 0.717) is 6.42 Å². The topological polar surface area (TPSA) is 102 Å². The molecule has 1 aromatic carbocycles. The Hall–Kier alpha value is -2.57. The van der Waals surface area contributed by atoms with Crippen LogP contribution in [0.2, 0.25) is 0 Å². The second-order valence-electron chi connectivity index (χ2n) is 4.88. The van der Waals surface area contributed by atoms with E-state index in [0.717, 1.165) is 12.0 Å². The monoisotopic (exact) mass is 323 g/mol. The number of alkyl carbamates (subject to hydrolysis) is 1. The van der Waals surface area contributed by atoms with Gasteiger partial charge in [-0.1, -0.05) is 43.7 Å². The second kappa shape index (κ2) is 10.2. The fraction of sp³-hybridized carbons (Fsp3) is 0.438. The second-order valence-corrected chi connectivity index (χ2v) is 4.88. The number of nitrogens with one attached hydrogen (secondary N) is 1. The number of benzene rings is 1. The number of amides is 1. The van der Waals surface area contributed by atoms with Crippen molar-refractivity contribution in [1.29, 1.82) is 0 Å². The molecule has 2 N–H and O–H groups in total. The number of aliphatic carboxylic acids is 1. The molecule has 0 bridgehead atoms. The zero-order valence-electron chi connectivity index (χ0n) is 13.0. The fourth-order valence-electron chi connectivity index (χ4n) is 1.69. The molecule has 1 rings (SSSR count). The third-order valence-electron chi connectivity index (χ3n) is 2.91. The maximum atomic E-state index is 12.0. The molecule has 126 valence electrons. The first kappa shape index (κ1) is 18.5. The van der Waals surface area contributed by atoms with Gasteiger partial charge in [0.25, 0.3) is 0 Å². The summed E-state index contributed by atoms with van der Waals surface area (Å²) in [7, 11) is 0. The van der Waals surface area contributed by atoms with Crippen LogP contribution in [-0.2, 0) is 25.7 Å². The lowest BCUT2D eigenvalue weighted by Gasteiger charge is -2.16. The van der Waals surface area contributed by atoms with Crippen LogP contribution < -0.4 is 5.32 Å². The Morgan fingerprint density at radius 3 is 2.48 bits per heavy atom. The molecular weight excluding hydrogens is 302 g/mol. The molecule has 0 spiro atoms. The molecule has 0 aliphatic carbocycles. The minimum atomic E-state index is -1.29. The zero-order chi connectivity index (χ0) is 17.1. The SMILES string of the molecule is CCCCOC(=O)NC(CC(=O)O)C(=O)OCc1ccccc1. The lowest BCUT2D eigenvalue weighted by atomic mass is 10.2. The first-order chi connectivity index (χ1) is 11.0. The quantitative estimate of drug-likeness (QED) is 0.533. The Kier molecular flexibility index (Phi) is 8.20. The van der Waals surface area contributed by atoms with Crippen molar-refractivity contribution in [3.05, 3.63) is 35.9 Å². The number of carbonyl (C=O) groups excluding carboxylic acids is 2. The van der Waals surface area contributed by atoms with Crippen molar-refractivity contribution in [2.24, 2.45) is 0 Å². The number of ether oxygens (including phenoxy) is 2. The third-order valence-corrected chi connectivity index (χ3v) is 2.91. The molecule has 0 aliphatic heterocycles. The summed E-state index contributed by atoms with van der Waals surface area (Å²) in [4.78, 5) is 34.3. The molecule has 1 unspecified atom stereocenters. The van der Waals surface area contributed by atoms with Crippen LogP contribution >= 0.6 is 0 Å². The molecule has 23 heavy (non-hydrogen) atoms. The number of carboxylic acid groups (broad SMARTS) is 1. The minimum Gasteiger partial charge on any atom is -0.481 e. The maximum Gasteiger partial charge on any atom is 0.407 e. The third kappa shape index (κ3) is 7.85. The minimum absolute atomic E-state index is 0.00234. The first-order valence-corrected chi connectivity index (χ1v) is 7.38. The van der Waals surface area contributed by atoms with E-state index in [1.165, 1.54) is 0 Å². The van der Waals surface area contributed by atoms with Gasteiger partial charge in [0.1, 0.15) is 12.6 Å². The molecule has 0 fully saturated rings. The van der Waals surface area contributed by atoms with Crippen molar-refractivity contribution in [1.82, 2.24) is 5.32 Å². The number of esters is 1. The molecular formula is C16H21NO6. The van der Waals surface area contributed by atoms with E-state index in [2.05, 4.69) is 5.32 Å². The average Bonchev–Trinajstić information content (AvgIpc) is 2.53. The highest BCUT2D eigenvalue weighted by Crippen LogP contribution is 2.04. The number of hydrogen-bond acceptors (Lipinski definition) is 5. The van der Waals surface area contributed by atoms with Crippen LogP contribution in [0, 0.1) is 0 Å². The molecule has 0 aliphatic rings. The lowest BCUT2D eigenvalue weighted by molar-refractivity contribution is -0.151. The van der Waals surface area contributed by atoms with E-state index in [1.54, 1.807) is 24.3 Å². The molecule has 0 saturated carbocycles. The highest BCUT2D eigenvalue weighted by Gasteiger charge is 2.25. The van der Waals surface area contributed by atoms with Gasteiger partial charge in [-0.3, -0.25) is 4.79 Å². The predicted octanol–water partition coefficient (Wildman–Crippen LogP) is 2.10. The molecule has 0 radical (unpaired) electrons. The van der Waals surface area contributed by atoms with E-state index in [4.69, 9.17) is 14.6 Å². The summed E-state index contributed by atoms with van der Waals surface area (Å²) >= 11 is 0. The van der Waals surface area contributed by atoms with E-state index >= 15 is 0 Å². The average molecular weight is 323 g/mol. The van der Waals surface area contributed by atoms with Crippen LogP contribution in [0.4, 0.5) is 4.79 Å². The standard InChI is InChI=1S/C16H21NO6/c1-2-3-9-22-16(21)17-13(10-14(18)19)15(20)23-11-12-7-5-4-6-8-12/h4-8,13H,2-3,9-11H2,1H3,(H,17,21)(H,18,19). The van der Waals surface area contributed by atoms with Crippen LogP contribution in [0.15, 0.2) is 30.3 Å². The van der Waals surface area contributed by atoms with Gasteiger partial charge in [-0.2, -0.15) is 0 Å². The number of unbranched alkanes of at least 4 members (excludes halogenated alkanes) is 1. The highest BCUT2D eigenvalue weighted by atomic mass is 16.6. The number of hydrogen-bond donors (Lipinski definition) is 2. The van der Waals surface area contributed by atoms with Crippen molar-refractivity contribution in [2.45, 2.75) is 38.8 Å². The summed E-state index contributed by atoms with van der Waals surface area (Å²) in [5.74, 6) is -2.04. The van der Waals surface area contributed by atoms with Gasteiger partial charge in [-0.05, 0) is 12.0 Å². The van der Waals surface area contributed by atoms with Gasteiger partial charge in [0.15, 0.2) is 0 Å². The van der Waals surface area contributed by atoms with Crippen molar-refractivity contribution >= 4 is 18.0 Å². The molecule has 7 nitrogen and oxygen atoms in total. The van der Waals surface area contributed by atoms with Crippen molar-refractivity contribution in [2.75, 3.05) is 6.61 Å². The van der Waals surface area contributed by atoms with Crippen LogP contribution in [0.1, 0.15) is 31.7 Å². The summed E-state index contributed by atoms with van der Waals surface area (Å²) in [6.45, 7) is 2.15. The largest absolute Gasteiger partial charge is 0.481 e. The Bertz CT molecular complexity index is 517. The first-order valence-electron chi connectivity index (χ1n) is 7.38. The van der Waals surface area contributed by atoms with E-state index in [-0.39, 0.29) is 13.2 Å². The van der Waals surface area contributed by atoms with Crippen molar-refractivity contribution in [3.63, 3.8) is 0 Å². The maximum absolute atomic E-state index is 12.0. The van der Waals surface area contributed by atoms with Gasteiger partial charge in [-0.15, -0.1) is 0 Å². The molecule has 0 saturated heterocycles. The van der Waals surface area contributed by atoms with Gasteiger partial charge in [0, 0.05) is 0 Å². The summed E-state index contributed by atoms with van der Waals surface area (Å²) in [6, 6.07) is 7.66. The van der Waals surface area contributed by atoms with E-state index in [1.807, 2.05) is 13.0 Å². The normalized spacial score (nSPS) is 11.3. The fourth-order valence-corrected chi connectivity index (χ4v) is 1.69. The van der Waals surface area contributed by atoms with Crippen LogP contribution in [0.5, 0.6) is 0 Å². The van der Waals surface area contributed by atoms with E-state index < -0.39 is 30.5 Å². The van der Waals surface area contributed by atoms with Crippen LogP contribution in [0.25, 0.3) is 0 Å². The smallest absolute Gasteiger partial charge is 0.407 e. The molecule has 1 amide bonds. The Morgan fingerprint density at radius 2 is 1.87 bits per heavy atom. The van der Waals surface area contributed by atoms with E-state index in [9.17, 15) is 14.4 Å². The number of carbonyl (C=O) groups is 3. The van der Waals surface area contributed by atoms with Gasteiger partial charge in [-0.25, -0.2) is 9.59 Å². The van der Waals surface area contributed by atoms with Crippen LogP contribution in [0.3, 0.4) is 0 Å². The summed E-state index contributed by atoms with van der Waals surface area (Å²) in [5.41, 5.74) is 0.764. The predicted molar refractivity (Wildman–Crippen MR) is 81.7 cm³/mol. The Morgan fingerprint density at radius 1 is 1.17 bits per heavy atom.